The van der Waals surface area contributed by atoms with E-state index in [0.29, 0.717) is 17.1 Å². The van der Waals surface area contributed by atoms with E-state index in [4.69, 9.17) is 11.6 Å². The summed E-state index contributed by atoms with van der Waals surface area (Å²) in [7, 11) is 0. The van der Waals surface area contributed by atoms with Crippen molar-refractivity contribution in [1.29, 1.82) is 0 Å². The van der Waals surface area contributed by atoms with Crippen LogP contribution >= 0.6 is 36.4 Å². The van der Waals surface area contributed by atoms with Crippen LogP contribution in [0, 0.1) is 5.92 Å². The molecular weight excluding hydrogens is 317 g/mol. The molecule has 1 fully saturated rings. The van der Waals surface area contributed by atoms with Gasteiger partial charge in [0.1, 0.15) is 5.15 Å². The van der Waals surface area contributed by atoms with E-state index in [1.165, 1.54) is 5.56 Å². The zero-order chi connectivity index (χ0) is 13.0. The van der Waals surface area contributed by atoms with Gasteiger partial charge in [-0.25, -0.2) is 4.98 Å². The van der Waals surface area contributed by atoms with Crippen molar-refractivity contribution in [3.05, 3.63) is 29.0 Å². The van der Waals surface area contributed by atoms with Crippen LogP contribution in [0.5, 0.6) is 0 Å². The standard InChI is InChI=1S/C14H22ClN3.2ClH/c1-11(2)10-13(18-8-6-16-7-9-18)12-4-3-5-17-14(12)15;;/h3-5,11,13,16H,6-10H2,1-2H3;2*1H/t13-;;/m0../s1. The number of halogens is 3. The first kappa shape index (κ1) is 19.9. The van der Waals surface area contributed by atoms with Gasteiger partial charge in [-0.2, -0.15) is 0 Å². The number of nitrogens with one attached hydrogen (secondary N) is 1. The second kappa shape index (κ2) is 9.80. The number of pyridine rings is 1. The van der Waals surface area contributed by atoms with Crippen LogP contribution in [0.25, 0.3) is 0 Å². The third-order valence-electron chi connectivity index (χ3n) is 3.43. The van der Waals surface area contributed by atoms with Crippen molar-refractivity contribution in [2.45, 2.75) is 26.3 Å². The highest BCUT2D eigenvalue weighted by atomic mass is 35.5. The third kappa shape index (κ3) is 5.38. The summed E-state index contributed by atoms with van der Waals surface area (Å²) in [5.74, 6) is 0.654. The SMILES string of the molecule is CC(C)C[C@@H](c1cccnc1Cl)N1CCNCC1.Cl.Cl. The van der Waals surface area contributed by atoms with E-state index in [1.807, 2.05) is 6.07 Å². The molecule has 1 N–H and O–H groups in total. The molecule has 0 spiro atoms. The molecule has 0 radical (unpaired) electrons. The highest BCUT2D eigenvalue weighted by molar-refractivity contribution is 6.30. The fraction of sp³-hybridized carbons (Fsp3) is 0.643. The zero-order valence-electron chi connectivity index (χ0n) is 12.0. The van der Waals surface area contributed by atoms with Crippen molar-refractivity contribution in [1.82, 2.24) is 15.2 Å². The van der Waals surface area contributed by atoms with E-state index in [0.717, 1.165) is 32.6 Å². The molecule has 0 bridgehead atoms. The Kier molecular flexibility index (Phi) is 9.77. The van der Waals surface area contributed by atoms with E-state index in [9.17, 15) is 0 Å². The molecular formula is C14H24Cl3N3. The summed E-state index contributed by atoms with van der Waals surface area (Å²) in [6.45, 7) is 8.82. The minimum atomic E-state index is 0. The molecule has 1 aromatic heterocycles. The topological polar surface area (TPSA) is 28.2 Å². The molecule has 0 aliphatic carbocycles. The number of hydrogen-bond donors (Lipinski definition) is 1. The Morgan fingerprint density at radius 1 is 1.30 bits per heavy atom. The van der Waals surface area contributed by atoms with Crippen molar-refractivity contribution in [2.75, 3.05) is 26.2 Å². The summed E-state index contributed by atoms with van der Waals surface area (Å²) in [5.41, 5.74) is 1.18. The summed E-state index contributed by atoms with van der Waals surface area (Å²) in [5, 5.41) is 4.05. The van der Waals surface area contributed by atoms with Crippen LogP contribution in [-0.4, -0.2) is 36.1 Å². The number of piperazine rings is 1. The lowest BCUT2D eigenvalue weighted by molar-refractivity contribution is 0.154. The Balaban J connectivity index is 0.00000180. The summed E-state index contributed by atoms with van der Waals surface area (Å²) < 4.78 is 0. The Hall–Kier alpha value is -0.0600. The largest absolute Gasteiger partial charge is 0.314 e. The molecule has 0 saturated carbocycles. The fourth-order valence-corrected chi connectivity index (χ4v) is 2.81. The van der Waals surface area contributed by atoms with E-state index < -0.39 is 0 Å². The van der Waals surface area contributed by atoms with Crippen molar-refractivity contribution < 1.29 is 0 Å². The molecule has 0 unspecified atom stereocenters. The monoisotopic (exact) mass is 339 g/mol. The van der Waals surface area contributed by atoms with Crippen molar-refractivity contribution in [3.63, 3.8) is 0 Å². The van der Waals surface area contributed by atoms with Crippen LogP contribution in [0.3, 0.4) is 0 Å². The van der Waals surface area contributed by atoms with Crippen LogP contribution in [0.1, 0.15) is 31.9 Å². The molecule has 1 saturated heterocycles. The summed E-state index contributed by atoms with van der Waals surface area (Å²) in [6.07, 6.45) is 2.89. The lowest BCUT2D eigenvalue weighted by Crippen LogP contribution is -2.45. The van der Waals surface area contributed by atoms with Crippen molar-refractivity contribution in [3.8, 4) is 0 Å². The molecule has 1 aromatic rings. The lowest BCUT2D eigenvalue weighted by Gasteiger charge is -2.36. The third-order valence-corrected chi connectivity index (χ3v) is 3.75. The van der Waals surface area contributed by atoms with Crippen molar-refractivity contribution in [2.24, 2.45) is 5.92 Å². The normalized spacial score (nSPS) is 17.2. The zero-order valence-corrected chi connectivity index (χ0v) is 14.4. The Labute approximate surface area is 139 Å². The van der Waals surface area contributed by atoms with Gasteiger partial charge in [0.15, 0.2) is 0 Å². The van der Waals surface area contributed by atoms with Gasteiger partial charge in [0.05, 0.1) is 0 Å². The summed E-state index contributed by atoms with van der Waals surface area (Å²) >= 11 is 6.27. The van der Waals surface area contributed by atoms with Gasteiger partial charge in [0.2, 0.25) is 0 Å². The van der Waals surface area contributed by atoms with Crippen LogP contribution in [-0.2, 0) is 0 Å². The average Bonchev–Trinajstić information content (AvgIpc) is 2.38. The molecule has 1 aliphatic heterocycles. The highest BCUT2D eigenvalue weighted by Crippen LogP contribution is 2.31. The molecule has 6 heteroatoms. The Morgan fingerprint density at radius 2 is 1.95 bits per heavy atom. The highest BCUT2D eigenvalue weighted by Gasteiger charge is 2.24. The number of nitrogens with zero attached hydrogens (tertiary/aromatic N) is 2. The van der Waals surface area contributed by atoms with E-state index in [-0.39, 0.29) is 24.8 Å². The molecule has 2 heterocycles. The second-order valence-corrected chi connectivity index (χ2v) is 5.67. The van der Waals surface area contributed by atoms with Gasteiger partial charge in [-0.3, -0.25) is 4.90 Å². The molecule has 0 aromatic carbocycles. The molecule has 3 nitrogen and oxygen atoms in total. The van der Waals surface area contributed by atoms with Crippen LogP contribution < -0.4 is 5.32 Å². The minimum absolute atomic E-state index is 0. The van der Waals surface area contributed by atoms with E-state index >= 15 is 0 Å². The van der Waals surface area contributed by atoms with Crippen LogP contribution in [0.4, 0.5) is 0 Å². The summed E-state index contributed by atoms with van der Waals surface area (Å²) in [6, 6.07) is 4.49. The maximum Gasteiger partial charge on any atom is 0.133 e. The van der Waals surface area contributed by atoms with Crippen LogP contribution in [0.2, 0.25) is 5.15 Å². The first-order valence-corrected chi connectivity index (χ1v) is 7.11. The first-order chi connectivity index (χ1) is 8.68. The number of aromatic nitrogens is 1. The Bertz CT molecular complexity index is 382. The summed E-state index contributed by atoms with van der Waals surface area (Å²) in [4.78, 5) is 6.75. The van der Waals surface area contributed by atoms with Gasteiger partial charge >= 0.3 is 0 Å². The fourth-order valence-electron chi connectivity index (χ4n) is 2.56. The van der Waals surface area contributed by atoms with Gasteiger partial charge in [0.25, 0.3) is 0 Å². The molecule has 0 amide bonds. The molecule has 1 atom stereocenters. The quantitative estimate of drug-likeness (QED) is 0.849. The van der Waals surface area contributed by atoms with Gasteiger partial charge < -0.3 is 5.32 Å². The molecule has 2 rings (SSSR count). The molecule has 116 valence electrons. The smallest absolute Gasteiger partial charge is 0.133 e. The predicted molar refractivity (Wildman–Crippen MR) is 90.4 cm³/mol. The maximum atomic E-state index is 6.27. The minimum Gasteiger partial charge on any atom is -0.314 e. The predicted octanol–water partition coefficient (Wildman–Crippen LogP) is 3.57. The van der Waals surface area contributed by atoms with Gasteiger partial charge in [-0.05, 0) is 18.4 Å². The average molecular weight is 341 g/mol. The molecule has 20 heavy (non-hydrogen) atoms. The first-order valence-electron chi connectivity index (χ1n) is 6.73. The molecule has 1 aliphatic rings. The van der Waals surface area contributed by atoms with Crippen LogP contribution in [0.15, 0.2) is 18.3 Å². The van der Waals surface area contributed by atoms with Crippen molar-refractivity contribution >= 4 is 36.4 Å². The van der Waals surface area contributed by atoms with Gasteiger partial charge in [0, 0.05) is 44.0 Å². The van der Waals surface area contributed by atoms with Gasteiger partial charge in [-0.15, -0.1) is 24.8 Å². The van der Waals surface area contributed by atoms with Gasteiger partial charge in [-0.1, -0.05) is 31.5 Å². The lowest BCUT2D eigenvalue weighted by atomic mass is 9.96. The second-order valence-electron chi connectivity index (χ2n) is 5.31. The number of hydrogen-bond acceptors (Lipinski definition) is 3. The Morgan fingerprint density at radius 3 is 2.50 bits per heavy atom. The van der Waals surface area contributed by atoms with E-state index in [2.05, 4.69) is 35.1 Å². The number of rotatable bonds is 4. The van der Waals surface area contributed by atoms with E-state index in [1.54, 1.807) is 6.20 Å². The maximum absolute atomic E-state index is 6.27.